The quantitative estimate of drug-likeness (QED) is 0.645. The first-order valence-corrected chi connectivity index (χ1v) is 8.20. The molecule has 0 unspecified atom stereocenters. The number of aromatic nitrogens is 2. The number of rotatable bonds is 3. The lowest BCUT2D eigenvalue weighted by Crippen LogP contribution is -2.27. The van der Waals surface area contributed by atoms with Crippen molar-refractivity contribution < 1.29 is 0 Å². The first-order chi connectivity index (χ1) is 9.69. The van der Waals surface area contributed by atoms with Crippen molar-refractivity contribution in [3.63, 3.8) is 0 Å². The molecule has 0 fully saturated rings. The molecular formula is C15H15ClN2OS. The highest BCUT2D eigenvalue weighted by molar-refractivity contribution is 7.98. The van der Waals surface area contributed by atoms with Gasteiger partial charge in [0.25, 0.3) is 5.56 Å². The Kier molecular flexibility index (Phi) is 3.85. The largest absolute Gasteiger partial charge is 0.283 e. The summed E-state index contributed by atoms with van der Waals surface area (Å²) in [6.45, 7) is 0.548. The van der Waals surface area contributed by atoms with Crippen LogP contribution in [0.3, 0.4) is 0 Å². The Morgan fingerprint density at radius 1 is 1.30 bits per heavy atom. The van der Waals surface area contributed by atoms with Gasteiger partial charge in [-0.1, -0.05) is 35.5 Å². The number of hydrogen-bond acceptors (Lipinski definition) is 3. The molecule has 3 rings (SSSR count). The molecular weight excluding hydrogens is 292 g/mol. The standard InChI is InChI=1S/C15H15ClN2OS/c1-20-15-17-13-4-2-3-12(13)14(19)18(15)9-10-5-7-11(16)8-6-10/h5-8H,2-4,9H2,1H3. The van der Waals surface area contributed by atoms with E-state index in [0.29, 0.717) is 11.6 Å². The van der Waals surface area contributed by atoms with Crippen molar-refractivity contribution in [3.8, 4) is 0 Å². The number of nitrogens with zero attached hydrogens (tertiary/aromatic N) is 2. The van der Waals surface area contributed by atoms with Gasteiger partial charge < -0.3 is 0 Å². The Balaban J connectivity index is 2.04. The van der Waals surface area contributed by atoms with E-state index in [1.807, 2.05) is 30.5 Å². The third-order valence-corrected chi connectivity index (χ3v) is 4.52. The fourth-order valence-electron chi connectivity index (χ4n) is 2.57. The van der Waals surface area contributed by atoms with Crippen LogP contribution in [0.1, 0.15) is 23.2 Å². The second-order valence-electron chi connectivity index (χ2n) is 4.90. The highest BCUT2D eigenvalue weighted by atomic mass is 35.5. The predicted octanol–water partition coefficient (Wildman–Crippen LogP) is 3.16. The molecule has 1 heterocycles. The van der Waals surface area contributed by atoms with Gasteiger partial charge in [0.05, 0.1) is 12.2 Å². The molecule has 3 nitrogen and oxygen atoms in total. The number of halogens is 1. The number of benzene rings is 1. The molecule has 1 aromatic heterocycles. The average Bonchev–Trinajstić information content (AvgIpc) is 2.92. The first kappa shape index (κ1) is 13.7. The van der Waals surface area contributed by atoms with Crippen LogP contribution >= 0.6 is 23.4 Å². The molecule has 0 N–H and O–H groups in total. The number of hydrogen-bond donors (Lipinski definition) is 0. The molecule has 0 aliphatic heterocycles. The molecule has 5 heteroatoms. The zero-order valence-corrected chi connectivity index (χ0v) is 12.8. The molecule has 2 aromatic rings. The molecule has 1 aliphatic rings. The van der Waals surface area contributed by atoms with Crippen LogP contribution in [0.15, 0.2) is 34.2 Å². The summed E-state index contributed by atoms with van der Waals surface area (Å²) >= 11 is 7.42. The first-order valence-electron chi connectivity index (χ1n) is 6.60. The topological polar surface area (TPSA) is 34.9 Å². The van der Waals surface area contributed by atoms with E-state index in [-0.39, 0.29) is 5.56 Å². The van der Waals surface area contributed by atoms with E-state index >= 15 is 0 Å². The monoisotopic (exact) mass is 306 g/mol. The minimum absolute atomic E-state index is 0.117. The van der Waals surface area contributed by atoms with Gasteiger partial charge in [0, 0.05) is 10.6 Å². The molecule has 1 aromatic carbocycles. The summed E-state index contributed by atoms with van der Waals surface area (Å²) in [6.07, 6.45) is 4.79. The summed E-state index contributed by atoms with van der Waals surface area (Å²) in [5.74, 6) is 0. The highest BCUT2D eigenvalue weighted by Crippen LogP contribution is 2.21. The fourth-order valence-corrected chi connectivity index (χ4v) is 3.27. The maximum atomic E-state index is 12.6. The molecule has 0 spiro atoms. The molecule has 104 valence electrons. The van der Waals surface area contributed by atoms with Crippen LogP contribution in [0.2, 0.25) is 5.02 Å². The SMILES string of the molecule is CSc1nc2c(c(=O)n1Cc1ccc(Cl)cc1)CCC2. The van der Waals surface area contributed by atoms with Crippen LogP contribution < -0.4 is 5.56 Å². The Morgan fingerprint density at radius 2 is 2.05 bits per heavy atom. The second kappa shape index (κ2) is 5.62. The summed E-state index contributed by atoms with van der Waals surface area (Å²) in [6, 6.07) is 7.60. The van der Waals surface area contributed by atoms with Gasteiger partial charge in [0.15, 0.2) is 5.16 Å². The third kappa shape index (κ3) is 2.50. The van der Waals surface area contributed by atoms with Gasteiger partial charge in [-0.2, -0.15) is 0 Å². The summed E-state index contributed by atoms with van der Waals surface area (Å²) < 4.78 is 1.78. The van der Waals surface area contributed by atoms with E-state index in [0.717, 1.165) is 41.2 Å². The smallest absolute Gasteiger partial charge is 0.257 e. The van der Waals surface area contributed by atoms with E-state index in [2.05, 4.69) is 4.98 Å². The maximum Gasteiger partial charge on any atom is 0.257 e. The second-order valence-corrected chi connectivity index (χ2v) is 6.10. The molecule has 0 saturated carbocycles. The summed E-state index contributed by atoms with van der Waals surface area (Å²) in [4.78, 5) is 17.2. The fraction of sp³-hybridized carbons (Fsp3) is 0.333. The lowest BCUT2D eigenvalue weighted by Gasteiger charge is -2.12. The van der Waals surface area contributed by atoms with Gasteiger partial charge in [0.2, 0.25) is 0 Å². The van der Waals surface area contributed by atoms with E-state index in [1.54, 1.807) is 4.57 Å². The number of aryl methyl sites for hydroxylation is 1. The van der Waals surface area contributed by atoms with Crippen molar-refractivity contribution in [2.75, 3.05) is 6.26 Å². The Bertz CT molecular complexity index is 694. The minimum Gasteiger partial charge on any atom is -0.283 e. The van der Waals surface area contributed by atoms with Crippen LogP contribution in [-0.2, 0) is 19.4 Å². The minimum atomic E-state index is 0.117. The Hall–Kier alpha value is -1.26. The van der Waals surface area contributed by atoms with Crippen LogP contribution in [-0.4, -0.2) is 15.8 Å². The molecule has 20 heavy (non-hydrogen) atoms. The van der Waals surface area contributed by atoms with E-state index in [9.17, 15) is 4.79 Å². The molecule has 1 aliphatic carbocycles. The number of fused-ring (bicyclic) bond motifs is 1. The van der Waals surface area contributed by atoms with Gasteiger partial charge >= 0.3 is 0 Å². The van der Waals surface area contributed by atoms with Crippen molar-refractivity contribution in [3.05, 3.63) is 56.5 Å². The molecule has 0 amide bonds. The maximum absolute atomic E-state index is 12.6. The highest BCUT2D eigenvalue weighted by Gasteiger charge is 2.20. The summed E-state index contributed by atoms with van der Waals surface area (Å²) in [5.41, 5.74) is 3.07. The van der Waals surface area contributed by atoms with Crippen molar-refractivity contribution in [1.29, 1.82) is 0 Å². The van der Waals surface area contributed by atoms with E-state index in [4.69, 9.17) is 11.6 Å². The van der Waals surface area contributed by atoms with Gasteiger partial charge in [-0.3, -0.25) is 9.36 Å². The molecule has 0 radical (unpaired) electrons. The van der Waals surface area contributed by atoms with Gasteiger partial charge in [0.1, 0.15) is 0 Å². The van der Waals surface area contributed by atoms with Crippen LogP contribution in [0.5, 0.6) is 0 Å². The van der Waals surface area contributed by atoms with Crippen LogP contribution in [0.25, 0.3) is 0 Å². The summed E-state index contributed by atoms with van der Waals surface area (Å²) in [7, 11) is 0. The Labute approximate surface area is 127 Å². The number of thioether (sulfide) groups is 1. The molecule has 0 atom stereocenters. The third-order valence-electron chi connectivity index (χ3n) is 3.59. The van der Waals surface area contributed by atoms with Gasteiger partial charge in [-0.15, -0.1) is 0 Å². The average molecular weight is 307 g/mol. The van der Waals surface area contributed by atoms with E-state index < -0.39 is 0 Å². The predicted molar refractivity (Wildman–Crippen MR) is 82.9 cm³/mol. The van der Waals surface area contributed by atoms with E-state index in [1.165, 1.54) is 11.8 Å². The lowest BCUT2D eigenvalue weighted by atomic mass is 10.2. The Morgan fingerprint density at radius 3 is 2.75 bits per heavy atom. The van der Waals surface area contributed by atoms with Gasteiger partial charge in [-0.25, -0.2) is 4.98 Å². The zero-order valence-electron chi connectivity index (χ0n) is 11.2. The normalized spacial score (nSPS) is 13.5. The van der Waals surface area contributed by atoms with Crippen molar-refractivity contribution >= 4 is 23.4 Å². The van der Waals surface area contributed by atoms with Gasteiger partial charge in [-0.05, 0) is 43.2 Å². The van der Waals surface area contributed by atoms with Crippen molar-refractivity contribution in [1.82, 2.24) is 9.55 Å². The lowest BCUT2D eigenvalue weighted by molar-refractivity contribution is 0.632. The van der Waals surface area contributed by atoms with Crippen LogP contribution in [0, 0.1) is 0 Å². The van der Waals surface area contributed by atoms with Crippen LogP contribution in [0.4, 0.5) is 0 Å². The van der Waals surface area contributed by atoms with Crippen molar-refractivity contribution in [2.24, 2.45) is 0 Å². The molecule has 0 bridgehead atoms. The summed E-state index contributed by atoms with van der Waals surface area (Å²) in [5, 5.41) is 1.50. The van der Waals surface area contributed by atoms with Crippen molar-refractivity contribution in [2.45, 2.75) is 31.0 Å². The molecule has 0 saturated heterocycles. The zero-order chi connectivity index (χ0) is 14.1.